The minimum absolute atomic E-state index is 0.767. The Labute approximate surface area is 339 Å². The highest BCUT2D eigenvalue weighted by molar-refractivity contribution is 6.30. The van der Waals surface area contributed by atoms with Crippen LogP contribution in [0, 0.1) is 0 Å². The molecule has 0 amide bonds. The topological polar surface area (TPSA) is 19.7 Å². The summed E-state index contributed by atoms with van der Waals surface area (Å²) >= 11 is 0. The van der Waals surface area contributed by atoms with Crippen LogP contribution < -0.4 is 0 Å². The van der Waals surface area contributed by atoms with Crippen molar-refractivity contribution in [2.75, 3.05) is 0 Å². The predicted octanol–water partition coefficient (Wildman–Crippen LogP) is 14.4. The number of benzene rings is 8. The number of allylic oxidation sites excluding steroid dienone is 6. The number of para-hydroxylation sites is 6. The Balaban J connectivity index is 1.01. The van der Waals surface area contributed by atoms with E-state index < -0.39 is 0 Å². The molecule has 12 aromatic rings. The molecule has 0 N–H and O–H groups in total. The first-order chi connectivity index (χ1) is 29.3. The molecule has 1 aliphatic rings. The van der Waals surface area contributed by atoms with Gasteiger partial charge in [0.15, 0.2) is 0 Å². The van der Waals surface area contributed by atoms with Crippen LogP contribution in [-0.4, -0.2) is 18.3 Å². The van der Waals surface area contributed by atoms with Crippen LogP contribution in [0.5, 0.6) is 0 Å². The molecular formula is C55H36N4. The smallest absolute Gasteiger partial charge is 0.0548 e. The Bertz CT molecular complexity index is 3790. The number of nitrogens with zero attached hydrogens (tertiary/aromatic N) is 4. The summed E-state index contributed by atoms with van der Waals surface area (Å²) < 4.78 is 9.80. The molecule has 59 heavy (non-hydrogen) atoms. The molecule has 4 heterocycles. The second-order valence-electron chi connectivity index (χ2n) is 15.6. The van der Waals surface area contributed by atoms with Crippen LogP contribution in [0.4, 0.5) is 0 Å². The fourth-order valence-electron chi connectivity index (χ4n) is 10.3. The summed E-state index contributed by atoms with van der Waals surface area (Å²) in [6, 6.07) is 66.3. The van der Waals surface area contributed by atoms with Crippen LogP contribution in [0.25, 0.3) is 110 Å². The molecule has 0 spiro atoms. The van der Waals surface area contributed by atoms with Crippen LogP contribution in [0.2, 0.25) is 0 Å². The fourth-order valence-corrected chi connectivity index (χ4v) is 10.3. The zero-order chi connectivity index (χ0) is 38.6. The van der Waals surface area contributed by atoms with Gasteiger partial charge in [-0.15, -0.1) is 0 Å². The Morgan fingerprint density at radius 1 is 0.305 bits per heavy atom. The lowest BCUT2D eigenvalue weighted by atomic mass is 10.1. The van der Waals surface area contributed by atoms with E-state index in [0.29, 0.717) is 0 Å². The van der Waals surface area contributed by atoms with E-state index in [9.17, 15) is 0 Å². The monoisotopic (exact) mass is 752 g/mol. The molecular weight excluding hydrogens is 717 g/mol. The number of hydrogen-bond acceptors (Lipinski definition) is 0. The van der Waals surface area contributed by atoms with Gasteiger partial charge in [0.2, 0.25) is 0 Å². The number of aromatic nitrogens is 4. The first-order valence-corrected chi connectivity index (χ1v) is 20.4. The number of fused-ring (bicyclic) bond motifs is 14. The first-order valence-electron chi connectivity index (χ1n) is 20.4. The van der Waals surface area contributed by atoms with Crippen molar-refractivity contribution in [3.8, 4) is 11.4 Å². The molecule has 4 aromatic heterocycles. The van der Waals surface area contributed by atoms with Crippen molar-refractivity contribution in [2.45, 2.75) is 6.42 Å². The molecule has 0 aliphatic heterocycles. The van der Waals surface area contributed by atoms with E-state index in [-0.39, 0.29) is 0 Å². The van der Waals surface area contributed by atoms with Crippen LogP contribution in [0.3, 0.4) is 0 Å². The highest BCUT2D eigenvalue weighted by atomic mass is 15.0. The molecule has 4 nitrogen and oxygen atoms in total. The third-order valence-corrected chi connectivity index (χ3v) is 12.6. The lowest BCUT2D eigenvalue weighted by molar-refractivity contribution is 1.13. The molecule has 0 saturated heterocycles. The van der Waals surface area contributed by atoms with Crippen molar-refractivity contribution in [3.05, 3.63) is 206 Å². The van der Waals surface area contributed by atoms with Gasteiger partial charge in [-0.3, -0.25) is 0 Å². The summed E-state index contributed by atoms with van der Waals surface area (Å²) in [6.07, 6.45) is 10.0. The van der Waals surface area contributed by atoms with Crippen molar-refractivity contribution >= 4 is 98.6 Å². The van der Waals surface area contributed by atoms with Gasteiger partial charge in [-0.25, -0.2) is 0 Å². The van der Waals surface area contributed by atoms with E-state index >= 15 is 0 Å². The highest BCUT2D eigenvalue weighted by Crippen LogP contribution is 2.45. The summed E-state index contributed by atoms with van der Waals surface area (Å²) in [4.78, 5) is 0. The van der Waals surface area contributed by atoms with Gasteiger partial charge in [-0.2, -0.15) is 0 Å². The summed E-state index contributed by atoms with van der Waals surface area (Å²) in [6.45, 7) is 0. The first kappa shape index (κ1) is 32.3. The minimum Gasteiger partial charge on any atom is -0.313 e. The predicted molar refractivity (Wildman–Crippen MR) is 250 cm³/mol. The molecule has 0 atom stereocenters. The normalized spacial score (nSPS) is 13.5. The third kappa shape index (κ3) is 4.48. The molecule has 13 rings (SSSR count). The second kappa shape index (κ2) is 12.3. The van der Waals surface area contributed by atoms with Crippen molar-refractivity contribution in [1.82, 2.24) is 18.3 Å². The highest BCUT2D eigenvalue weighted by Gasteiger charge is 2.23. The molecule has 1 aliphatic carbocycles. The summed E-state index contributed by atoms with van der Waals surface area (Å²) in [5, 5.41) is 10.2. The lowest BCUT2D eigenvalue weighted by Crippen LogP contribution is -1.97. The van der Waals surface area contributed by atoms with Gasteiger partial charge >= 0.3 is 0 Å². The van der Waals surface area contributed by atoms with E-state index in [4.69, 9.17) is 0 Å². The maximum Gasteiger partial charge on any atom is 0.0548 e. The minimum atomic E-state index is 0.767. The maximum atomic E-state index is 2.50. The van der Waals surface area contributed by atoms with Gasteiger partial charge in [0, 0.05) is 72.3 Å². The number of hydrogen-bond donors (Lipinski definition) is 0. The van der Waals surface area contributed by atoms with Gasteiger partial charge in [-0.1, -0.05) is 121 Å². The molecule has 4 heteroatoms. The largest absolute Gasteiger partial charge is 0.313 e. The van der Waals surface area contributed by atoms with Gasteiger partial charge in [-0.05, 0) is 84.9 Å². The zero-order valence-corrected chi connectivity index (χ0v) is 32.1. The van der Waals surface area contributed by atoms with E-state index in [1.54, 1.807) is 0 Å². The van der Waals surface area contributed by atoms with Gasteiger partial charge < -0.3 is 18.3 Å². The molecule has 276 valence electrons. The summed E-state index contributed by atoms with van der Waals surface area (Å²) in [5.41, 5.74) is 14.5. The van der Waals surface area contributed by atoms with Gasteiger partial charge in [0.05, 0.1) is 44.1 Å². The van der Waals surface area contributed by atoms with Crippen LogP contribution in [0.15, 0.2) is 206 Å². The Morgan fingerprint density at radius 3 is 1.12 bits per heavy atom. The molecule has 0 bridgehead atoms. The van der Waals surface area contributed by atoms with Crippen molar-refractivity contribution in [2.24, 2.45) is 0 Å². The molecule has 0 saturated carbocycles. The average Bonchev–Trinajstić information content (AvgIpc) is 3.97. The van der Waals surface area contributed by atoms with Gasteiger partial charge in [0.25, 0.3) is 0 Å². The van der Waals surface area contributed by atoms with E-state index in [2.05, 4.69) is 225 Å². The Kier molecular flexibility index (Phi) is 6.75. The zero-order valence-electron chi connectivity index (χ0n) is 32.1. The standard InChI is InChI=1S/C55H36N4/c1-3-16-36(17-4-1)56-44-26-11-7-22-40(44)52-48(56)32-34-50-54(52)42-24-9-13-28-46(42)58(50)38-20-15-21-39(31-30-38)59-47-29-14-10-25-43(47)55-51(59)35-33-49-53(55)41-23-8-12-27-45(41)57(49)37-18-5-2-6-19-37/h1-30,32-35H,31H2. The van der Waals surface area contributed by atoms with E-state index in [1.165, 1.54) is 110 Å². The summed E-state index contributed by atoms with van der Waals surface area (Å²) in [7, 11) is 0. The maximum absolute atomic E-state index is 2.50. The fraction of sp³-hybridized carbons (Fsp3) is 0.0182. The van der Waals surface area contributed by atoms with E-state index in [0.717, 1.165) is 6.42 Å². The molecule has 0 unspecified atom stereocenters. The van der Waals surface area contributed by atoms with Gasteiger partial charge in [0.1, 0.15) is 0 Å². The number of rotatable bonds is 4. The van der Waals surface area contributed by atoms with Crippen molar-refractivity contribution in [1.29, 1.82) is 0 Å². The average molecular weight is 753 g/mol. The third-order valence-electron chi connectivity index (χ3n) is 12.6. The van der Waals surface area contributed by atoms with Crippen molar-refractivity contribution < 1.29 is 0 Å². The molecule has 8 aromatic carbocycles. The Morgan fingerprint density at radius 2 is 0.661 bits per heavy atom. The lowest BCUT2D eigenvalue weighted by Gasteiger charge is -2.12. The van der Waals surface area contributed by atoms with Crippen LogP contribution >= 0.6 is 0 Å². The quantitative estimate of drug-likeness (QED) is 0.171. The van der Waals surface area contributed by atoms with Crippen LogP contribution in [0.1, 0.15) is 6.42 Å². The molecule has 0 radical (unpaired) electrons. The SMILES string of the molecule is C1=CC(n2c3ccccc3c3c4c5ccccc5n(-c5ccccc5)c4ccc32)=CCC(n2c3ccccc3c3c4c5ccccc5n(-c5ccccc5)c4ccc32)=C1. The summed E-state index contributed by atoms with van der Waals surface area (Å²) in [5.74, 6) is 0. The van der Waals surface area contributed by atoms with E-state index in [1.807, 2.05) is 0 Å². The van der Waals surface area contributed by atoms with Crippen molar-refractivity contribution in [3.63, 3.8) is 0 Å². The Hall–Kier alpha value is -7.82. The second-order valence-corrected chi connectivity index (χ2v) is 15.6. The van der Waals surface area contributed by atoms with Crippen LogP contribution in [-0.2, 0) is 0 Å². The molecule has 0 fully saturated rings.